The second-order valence-corrected chi connectivity index (χ2v) is 9.69. The number of aliphatic imine (C=N–C) groups is 1. The molecular weight excluding hydrogens is 376 g/mol. The van der Waals surface area contributed by atoms with Crippen molar-refractivity contribution in [1.82, 2.24) is 4.31 Å². The molecule has 1 fully saturated rings. The number of nitrogens with zero attached hydrogens (tertiary/aromatic N) is 2. The Morgan fingerprint density at radius 1 is 1.17 bits per heavy atom. The van der Waals surface area contributed by atoms with E-state index in [2.05, 4.69) is 4.99 Å². The standard InChI is InChI=1S/C14H11ClN2O3S3/c1-9-13(18)17(23(19,20)12-8-7-11(15)22-12)14(21-9)16-10-5-3-2-4-6-10/h2-9H,1H3/t9-/m0/s1. The van der Waals surface area contributed by atoms with Crippen LogP contribution < -0.4 is 0 Å². The second-order valence-electron chi connectivity index (χ2n) is 4.66. The molecule has 1 saturated heterocycles. The van der Waals surface area contributed by atoms with Gasteiger partial charge in [-0.05, 0) is 31.2 Å². The van der Waals surface area contributed by atoms with Crippen LogP contribution >= 0.6 is 34.7 Å². The summed E-state index contributed by atoms with van der Waals surface area (Å²) in [6.07, 6.45) is 0. The van der Waals surface area contributed by atoms with Gasteiger partial charge in [-0.15, -0.1) is 11.3 Å². The maximum atomic E-state index is 12.8. The SMILES string of the molecule is C[C@@H]1SC(=Nc2ccccc2)N(S(=O)(=O)c2ccc(Cl)s2)C1=O. The molecule has 0 N–H and O–H groups in total. The van der Waals surface area contributed by atoms with Crippen LogP contribution in [0.15, 0.2) is 51.7 Å². The van der Waals surface area contributed by atoms with Crippen molar-refractivity contribution in [3.8, 4) is 0 Å². The van der Waals surface area contributed by atoms with Crippen molar-refractivity contribution in [2.24, 2.45) is 4.99 Å². The number of rotatable bonds is 3. The quantitative estimate of drug-likeness (QED) is 0.805. The first-order chi connectivity index (χ1) is 10.9. The van der Waals surface area contributed by atoms with Crippen molar-refractivity contribution >= 4 is 61.5 Å². The number of carbonyl (C=O) groups excluding carboxylic acids is 1. The molecule has 1 atom stereocenters. The van der Waals surface area contributed by atoms with Crippen LogP contribution in [0.1, 0.15) is 6.92 Å². The van der Waals surface area contributed by atoms with E-state index in [4.69, 9.17) is 11.6 Å². The van der Waals surface area contributed by atoms with E-state index in [1.807, 2.05) is 6.07 Å². The summed E-state index contributed by atoms with van der Waals surface area (Å²) in [6, 6.07) is 11.8. The van der Waals surface area contributed by atoms with Crippen LogP contribution in [0.25, 0.3) is 0 Å². The summed E-state index contributed by atoms with van der Waals surface area (Å²) >= 11 is 7.86. The van der Waals surface area contributed by atoms with E-state index in [9.17, 15) is 13.2 Å². The lowest BCUT2D eigenvalue weighted by atomic mass is 10.3. The van der Waals surface area contributed by atoms with E-state index in [1.54, 1.807) is 31.2 Å². The summed E-state index contributed by atoms with van der Waals surface area (Å²) in [6.45, 7) is 1.66. The highest BCUT2D eigenvalue weighted by Gasteiger charge is 2.44. The Morgan fingerprint density at radius 2 is 1.87 bits per heavy atom. The number of amides is 1. The van der Waals surface area contributed by atoms with E-state index < -0.39 is 21.2 Å². The van der Waals surface area contributed by atoms with Crippen molar-refractivity contribution in [3.05, 3.63) is 46.8 Å². The van der Waals surface area contributed by atoms with Crippen molar-refractivity contribution in [3.63, 3.8) is 0 Å². The van der Waals surface area contributed by atoms with Gasteiger partial charge in [0.1, 0.15) is 4.21 Å². The normalized spacial score (nSPS) is 20.4. The molecule has 1 aromatic heterocycles. The maximum Gasteiger partial charge on any atom is 0.282 e. The number of hydrogen-bond donors (Lipinski definition) is 0. The van der Waals surface area contributed by atoms with E-state index in [1.165, 1.54) is 12.1 Å². The fourth-order valence-corrected chi connectivity index (χ4v) is 6.19. The smallest absolute Gasteiger partial charge is 0.272 e. The fourth-order valence-electron chi connectivity index (χ4n) is 1.95. The molecule has 1 aliphatic heterocycles. The largest absolute Gasteiger partial charge is 0.282 e. The lowest BCUT2D eigenvalue weighted by Crippen LogP contribution is -2.36. The lowest BCUT2D eigenvalue weighted by Gasteiger charge is -2.15. The Balaban J connectivity index is 2.07. The van der Waals surface area contributed by atoms with Crippen LogP contribution in [0.4, 0.5) is 5.69 Å². The first-order valence-electron chi connectivity index (χ1n) is 6.54. The Morgan fingerprint density at radius 3 is 2.48 bits per heavy atom. The van der Waals surface area contributed by atoms with Crippen LogP contribution in [0.5, 0.6) is 0 Å². The number of sulfonamides is 1. The lowest BCUT2D eigenvalue weighted by molar-refractivity contribution is -0.122. The van der Waals surface area contributed by atoms with Crippen molar-refractivity contribution in [2.75, 3.05) is 0 Å². The molecule has 23 heavy (non-hydrogen) atoms. The molecule has 3 rings (SSSR count). The van der Waals surface area contributed by atoms with Crippen LogP contribution in [0, 0.1) is 0 Å². The Labute approximate surface area is 147 Å². The van der Waals surface area contributed by atoms with Crippen molar-refractivity contribution in [1.29, 1.82) is 0 Å². The third kappa shape index (κ3) is 3.16. The van der Waals surface area contributed by atoms with Crippen LogP contribution in [-0.2, 0) is 14.8 Å². The predicted molar refractivity (Wildman–Crippen MR) is 94.0 cm³/mol. The number of carbonyl (C=O) groups is 1. The number of halogens is 1. The highest BCUT2D eigenvalue weighted by Crippen LogP contribution is 2.36. The van der Waals surface area contributed by atoms with Crippen LogP contribution in [-0.4, -0.2) is 29.0 Å². The summed E-state index contributed by atoms with van der Waals surface area (Å²) in [7, 11) is -4.00. The third-order valence-corrected chi connectivity index (χ3v) is 7.57. The fraction of sp³-hybridized carbons (Fsp3) is 0.143. The molecule has 1 aliphatic rings. The molecule has 120 valence electrons. The summed E-state index contributed by atoms with van der Waals surface area (Å²) in [4.78, 5) is 16.7. The number of thioether (sulfide) groups is 1. The van der Waals surface area contributed by atoms with Gasteiger partial charge >= 0.3 is 0 Å². The molecule has 1 amide bonds. The van der Waals surface area contributed by atoms with Gasteiger partial charge < -0.3 is 0 Å². The molecular formula is C14H11ClN2O3S3. The summed E-state index contributed by atoms with van der Waals surface area (Å²) in [5, 5.41) is -0.360. The molecule has 0 saturated carbocycles. The van der Waals surface area contributed by atoms with E-state index in [0.717, 1.165) is 27.4 Å². The minimum absolute atomic E-state index is 0.0197. The molecule has 0 aliphatic carbocycles. The predicted octanol–water partition coefficient (Wildman–Crippen LogP) is 3.74. The van der Waals surface area contributed by atoms with Gasteiger partial charge in [-0.1, -0.05) is 41.6 Å². The molecule has 0 bridgehead atoms. The molecule has 0 radical (unpaired) electrons. The summed E-state index contributed by atoms with van der Waals surface area (Å²) in [5.41, 5.74) is 0.585. The molecule has 0 spiro atoms. The second kappa shape index (κ2) is 6.27. The van der Waals surface area contributed by atoms with Crippen molar-refractivity contribution in [2.45, 2.75) is 16.4 Å². The molecule has 5 nitrogen and oxygen atoms in total. The van der Waals surface area contributed by atoms with E-state index in [-0.39, 0.29) is 9.38 Å². The minimum atomic E-state index is -4.00. The summed E-state index contributed by atoms with van der Waals surface area (Å²) in [5.74, 6) is -0.505. The average molecular weight is 387 g/mol. The number of hydrogen-bond acceptors (Lipinski definition) is 6. The van der Waals surface area contributed by atoms with Gasteiger partial charge in [0.25, 0.3) is 15.9 Å². The van der Waals surface area contributed by atoms with Gasteiger partial charge in [-0.25, -0.2) is 4.99 Å². The molecule has 9 heteroatoms. The molecule has 1 aromatic carbocycles. The minimum Gasteiger partial charge on any atom is -0.272 e. The van der Waals surface area contributed by atoms with Gasteiger partial charge in [0.2, 0.25) is 0 Å². The maximum absolute atomic E-state index is 12.8. The highest BCUT2D eigenvalue weighted by atomic mass is 35.5. The van der Waals surface area contributed by atoms with Gasteiger partial charge in [-0.3, -0.25) is 4.79 Å². The van der Waals surface area contributed by atoms with Gasteiger partial charge in [0.15, 0.2) is 5.17 Å². The number of para-hydroxylation sites is 1. The van der Waals surface area contributed by atoms with Crippen LogP contribution in [0.2, 0.25) is 4.34 Å². The number of thiophene rings is 1. The van der Waals surface area contributed by atoms with Crippen molar-refractivity contribution < 1.29 is 13.2 Å². The number of amidine groups is 1. The van der Waals surface area contributed by atoms with E-state index >= 15 is 0 Å². The van der Waals surface area contributed by atoms with Gasteiger partial charge in [0.05, 0.1) is 15.3 Å². The first kappa shape index (κ1) is 16.5. The molecule has 0 unspecified atom stereocenters. The zero-order valence-electron chi connectivity index (χ0n) is 11.8. The van der Waals surface area contributed by atoms with Gasteiger partial charge in [-0.2, -0.15) is 12.7 Å². The summed E-state index contributed by atoms with van der Waals surface area (Å²) < 4.78 is 26.7. The van der Waals surface area contributed by atoms with Crippen LogP contribution in [0.3, 0.4) is 0 Å². The Kier molecular flexibility index (Phi) is 4.50. The zero-order chi connectivity index (χ0) is 16.6. The Hall–Kier alpha value is -1.35. The Bertz CT molecular complexity index is 878. The zero-order valence-corrected chi connectivity index (χ0v) is 15.0. The molecule has 2 heterocycles. The van der Waals surface area contributed by atoms with Gasteiger partial charge in [0, 0.05) is 0 Å². The van der Waals surface area contributed by atoms with E-state index in [0.29, 0.717) is 10.0 Å². The monoisotopic (exact) mass is 386 g/mol. The molecule has 2 aromatic rings. The highest BCUT2D eigenvalue weighted by molar-refractivity contribution is 8.17. The topological polar surface area (TPSA) is 66.8 Å². The first-order valence-corrected chi connectivity index (χ1v) is 10.1. The number of benzene rings is 1. The average Bonchev–Trinajstić information content (AvgIpc) is 3.06. The third-order valence-electron chi connectivity index (χ3n) is 3.03.